The maximum atomic E-state index is 9.76. The van der Waals surface area contributed by atoms with E-state index in [1.54, 1.807) is 0 Å². The Labute approximate surface area is 86.9 Å². The molecule has 1 aromatic carbocycles. The van der Waals surface area contributed by atoms with Crippen LogP contribution in [-0.2, 0) is 6.42 Å². The van der Waals surface area contributed by atoms with Gasteiger partial charge in [-0.1, -0.05) is 15.9 Å². The first kappa shape index (κ1) is 9.22. The largest absolute Gasteiger partial charge is 0.388 e. The first-order chi connectivity index (χ1) is 6.11. The lowest BCUT2D eigenvalue weighted by Crippen LogP contribution is -1.96. The number of aryl methyl sites for hydroxylation is 1. The average Bonchev–Trinajstić information content (AvgIpc) is 2.44. The monoisotopic (exact) mass is 240 g/mol. The normalized spacial score (nSPS) is 20.5. The third kappa shape index (κ3) is 1.32. The van der Waals surface area contributed by atoms with Gasteiger partial charge >= 0.3 is 0 Å². The van der Waals surface area contributed by atoms with Crippen LogP contribution >= 0.6 is 15.9 Å². The maximum absolute atomic E-state index is 9.76. The van der Waals surface area contributed by atoms with Crippen LogP contribution < -0.4 is 0 Å². The smallest absolute Gasteiger partial charge is 0.0798 e. The van der Waals surface area contributed by atoms with Crippen LogP contribution in [0.1, 0.15) is 34.8 Å². The molecule has 0 aromatic heterocycles. The van der Waals surface area contributed by atoms with Gasteiger partial charge in [0.1, 0.15) is 0 Å². The number of aliphatic hydroxyl groups is 1. The van der Waals surface area contributed by atoms with E-state index in [9.17, 15) is 5.11 Å². The quantitative estimate of drug-likeness (QED) is 0.740. The van der Waals surface area contributed by atoms with E-state index in [0.717, 1.165) is 17.3 Å². The summed E-state index contributed by atoms with van der Waals surface area (Å²) < 4.78 is 1.16. The molecule has 0 amide bonds. The van der Waals surface area contributed by atoms with Crippen LogP contribution in [0.3, 0.4) is 0 Å². The molecule has 1 aromatic rings. The van der Waals surface area contributed by atoms with E-state index in [2.05, 4.69) is 35.8 Å². The Balaban J connectivity index is 2.69. The molecule has 13 heavy (non-hydrogen) atoms. The molecule has 1 nitrogen and oxygen atoms in total. The van der Waals surface area contributed by atoms with Gasteiger partial charge in [0.2, 0.25) is 0 Å². The van der Waals surface area contributed by atoms with Gasteiger partial charge in [-0.3, -0.25) is 0 Å². The Bertz CT molecular complexity index is 358. The van der Waals surface area contributed by atoms with Gasteiger partial charge in [0.25, 0.3) is 0 Å². The number of hydrogen-bond acceptors (Lipinski definition) is 1. The topological polar surface area (TPSA) is 20.2 Å². The Kier molecular flexibility index (Phi) is 2.20. The predicted molar refractivity (Wildman–Crippen MR) is 56.9 cm³/mol. The number of aliphatic hydroxyl groups excluding tert-OH is 1. The van der Waals surface area contributed by atoms with Gasteiger partial charge in [-0.25, -0.2) is 0 Å². The fourth-order valence-corrected chi connectivity index (χ4v) is 2.75. The van der Waals surface area contributed by atoms with Crippen molar-refractivity contribution in [2.75, 3.05) is 0 Å². The highest BCUT2D eigenvalue weighted by Gasteiger charge is 2.24. The number of hydrogen-bond donors (Lipinski definition) is 1. The van der Waals surface area contributed by atoms with Crippen molar-refractivity contribution >= 4 is 15.9 Å². The van der Waals surface area contributed by atoms with Gasteiger partial charge < -0.3 is 5.11 Å². The molecule has 2 heteroatoms. The van der Waals surface area contributed by atoms with Gasteiger partial charge in [0.15, 0.2) is 0 Å². The highest BCUT2D eigenvalue weighted by molar-refractivity contribution is 9.10. The molecule has 70 valence electrons. The van der Waals surface area contributed by atoms with Crippen LogP contribution in [0.5, 0.6) is 0 Å². The summed E-state index contributed by atoms with van der Waals surface area (Å²) in [6.07, 6.45) is 1.66. The Morgan fingerprint density at radius 1 is 1.46 bits per heavy atom. The molecule has 0 bridgehead atoms. The van der Waals surface area contributed by atoms with Crippen molar-refractivity contribution in [3.63, 3.8) is 0 Å². The summed E-state index contributed by atoms with van der Waals surface area (Å²) in [6.45, 7) is 4.18. The first-order valence-corrected chi connectivity index (χ1v) is 5.37. The minimum atomic E-state index is -0.234. The second kappa shape index (κ2) is 3.10. The molecular formula is C11H13BrO. The predicted octanol–water partition coefficient (Wildman–Crippen LogP) is 3.05. The van der Waals surface area contributed by atoms with Crippen molar-refractivity contribution in [3.8, 4) is 0 Å². The SMILES string of the molecule is Cc1cc(Br)c(C)c2c1C(O)CC2. The van der Waals surface area contributed by atoms with E-state index < -0.39 is 0 Å². The van der Waals surface area contributed by atoms with Crippen molar-refractivity contribution in [1.82, 2.24) is 0 Å². The molecule has 1 aliphatic carbocycles. The summed E-state index contributed by atoms with van der Waals surface area (Å²) in [5, 5.41) is 9.76. The fraction of sp³-hybridized carbons (Fsp3) is 0.455. The summed E-state index contributed by atoms with van der Waals surface area (Å²) in [6, 6.07) is 2.10. The number of benzene rings is 1. The van der Waals surface area contributed by atoms with Crippen LogP contribution in [-0.4, -0.2) is 5.11 Å². The summed E-state index contributed by atoms with van der Waals surface area (Å²) in [4.78, 5) is 0. The molecule has 0 saturated heterocycles. The molecule has 0 heterocycles. The molecule has 1 N–H and O–H groups in total. The molecule has 0 aliphatic heterocycles. The molecular weight excluding hydrogens is 228 g/mol. The first-order valence-electron chi connectivity index (χ1n) is 4.58. The van der Waals surface area contributed by atoms with Crippen LogP contribution in [0.15, 0.2) is 10.5 Å². The minimum absolute atomic E-state index is 0.234. The van der Waals surface area contributed by atoms with Crippen molar-refractivity contribution < 1.29 is 5.11 Å². The molecule has 0 saturated carbocycles. The van der Waals surface area contributed by atoms with Gasteiger partial charge in [-0.05, 0) is 55.0 Å². The standard InChI is InChI=1S/C11H13BrO/c1-6-5-9(12)7(2)8-3-4-10(13)11(6)8/h5,10,13H,3-4H2,1-2H3. The zero-order chi connectivity index (χ0) is 9.59. The highest BCUT2D eigenvalue weighted by atomic mass is 79.9. The maximum Gasteiger partial charge on any atom is 0.0798 e. The average molecular weight is 241 g/mol. The van der Waals surface area contributed by atoms with E-state index in [4.69, 9.17) is 0 Å². The molecule has 0 fully saturated rings. The molecule has 1 aliphatic rings. The number of fused-ring (bicyclic) bond motifs is 1. The lowest BCUT2D eigenvalue weighted by molar-refractivity contribution is 0.179. The number of rotatable bonds is 0. The Hall–Kier alpha value is -0.340. The lowest BCUT2D eigenvalue weighted by Gasteiger charge is -2.11. The third-order valence-corrected chi connectivity index (χ3v) is 3.73. The second-order valence-electron chi connectivity index (χ2n) is 3.75. The minimum Gasteiger partial charge on any atom is -0.388 e. The summed E-state index contributed by atoms with van der Waals surface area (Å²) >= 11 is 3.54. The van der Waals surface area contributed by atoms with Gasteiger partial charge in [0.05, 0.1) is 6.10 Å². The van der Waals surface area contributed by atoms with Crippen molar-refractivity contribution in [2.45, 2.75) is 32.8 Å². The van der Waals surface area contributed by atoms with E-state index in [0.29, 0.717) is 0 Å². The lowest BCUT2D eigenvalue weighted by atomic mass is 9.99. The zero-order valence-electron chi connectivity index (χ0n) is 7.89. The van der Waals surface area contributed by atoms with Gasteiger partial charge in [-0.2, -0.15) is 0 Å². The van der Waals surface area contributed by atoms with Gasteiger partial charge in [-0.15, -0.1) is 0 Å². The number of halogens is 1. The summed E-state index contributed by atoms with van der Waals surface area (Å²) in [7, 11) is 0. The Morgan fingerprint density at radius 2 is 2.15 bits per heavy atom. The molecule has 1 atom stereocenters. The highest BCUT2D eigenvalue weighted by Crippen LogP contribution is 2.38. The van der Waals surface area contributed by atoms with E-state index in [1.807, 2.05) is 0 Å². The summed E-state index contributed by atoms with van der Waals surface area (Å²) in [5.74, 6) is 0. The fourth-order valence-electron chi connectivity index (χ4n) is 2.17. The zero-order valence-corrected chi connectivity index (χ0v) is 9.48. The Morgan fingerprint density at radius 3 is 2.85 bits per heavy atom. The summed E-state index contributed by atoms with van der Waals surface area (Å²) in [5.41, 5.74) is 5.01. The second-order valence-corrected chi connectivity index (χ2v) is 4.60. The third-order valence-electron chi connectivity index (χ3n) is 2.91. The van der Waals surface area contributed by atoms with Crippen LogP contribution in [0.4, 0.5) is 0 Å². The van der Waals surface area contributed by atoms with E-state index in [1.165, 1.54) is 22.3 Å². The molecule has 1 unspecified atom stereocenters. The van der Waals surface area contributed by atoms with Crippen molar-refractivity contribution in [1.29, 1.82) is 0 Å². The van der Waals surface area contributed by atoms with Crippen LogP contribution in [0.2, 0.25) is 0 Å². The van der Waals surface area contributed by atoms with Crippen LogP contribution in [0.25, 0.3) is 0 Å². The van der Waals surface area contributed by atoms with Crippen molar-refractivity contribution in [3.05, 3.63) is 32.8 Å². The van der Waals surface area contributed by atoms with Crippen molar-refractivity contribution in [2.24, 2.45) is 0 Å². The van der Waals surface area contributed by atoms with E-state index in [-0.39, 0.29) is 6.10 Å². The van der Waals surface area contributed by atoms with Gasteiger partial charge in [0, 0.05) is 4.47 Å². The molecule has 2 rings (SSSR count). The van der Waals surface area contributed by atoms with Crippen LogP contribution in [0, 0.1) is 13.8 Å². The van der Waals surface area contributed by atoms with E-state index >= 15 is 0 Å². The molecule has 0 spiro atoms. The molecule has 0 radical (unpaired) electrons.